The van der Waals surface area contributed by atoms with Crippen LogP contribution in [-0.4, -0.2) is 26.2 Å². The van der Waals surface area contributed by atoms with Crippen LogP contribution < -0.4 is 0 Å². The minimum Gasteiger partial charge on any atom is -0.312 e. The van der Waals surface area contributed by atoms with Crippen LogP contribution >= 0.6 is 7.60 Å². The Hall–Kier alpha value is -0.440. The van der Waals surface area contributed by atoms with E-state index in [0.717, 1.165) is 5.57 Å². The molecule has 0 unspecified atom stereocenters. The summed E-state index contributed by atoms with van der Waals surface area (Å²) in [5.74, 6) is -0.109. The van der Waals surface area contributed by atoms with Gasteiger partial charge in [-0.25, -0.2) is 0 Å². The van der Waals surface area contributed by atoms with Gasteiger partial charge in [0.2, 0.25) is 0 Å². The molecular formula is C12H23O4P. The molecule has 0 radical (unpaired) electrons. The van der Waals surface area contributed by atoms with Gasteiger partial charge in [0.05, 0.1) is 0 Å². The second-order valence-electron chi connectivity index (χ2n) is 4.93. The largest absolute Gasteiger partial charge is 0.337 e. The van der Waals surface area contributed by atoms with Crippen LogP contribution in [0.2, 0.25) is 0 Å². The highest BCUT2D eigenvalue weighted by atomic mass is 31.2. The first kappa shape index (κ1) is 16.6. The monoisotopic (exact) mass is 262 g/mol. The third-order valence-electron chi connectivity index (χ3n) is 2.67. The number of Topliss-reactive ketones (excluding diaryl/α,β-unsaturated/α-hetero) is 1. The summed E-state index contributed by atoms with van der Waals surface area (Å²) < 4.78 is 21.4. The lowest BCUT2D eigenvalue weighted by Crippen LogP contribution is -2.27. The Morgan fingerprint density at radius 1 is 1.24 bits per heavy atom. The fourth-order valence-corrected chi connectivity index (χ4v) is 2.35. The van der Waals surface area contributed by atoms with E-state index in [4.69, 9.17) is 9.05 Å². The molecular weight excluding hydrogens is 239 g/mol. The second kappa shape index (κ2) is 6.48. The summed E-state index contributed by atoms with van der Waals surface area (Å²) >= 11 is 0. The van der Waals surface area contributed by atoms with E-state index in [1.807, 2.05) is 33.8 Å². The maximum absolute atomic E-state index is 12.0. The zero-order valence-corrected chi connectivity index (χ0v) is 12.5. The van der Waals surface area contributed by atoms with Crippen LogP contribution in [0.3, 0.4) is 0 Å². The molecule has 100 valence electrons. The van der Waals surface area contributed by atoms with Crippen LogP contribution in [0.15, 0.2) is 11.6 Å². The minimum absolute atomic E-state index is 0.109. The van der Waals surface area contributed by atoms with Crippen LogP contribution in [0.25, 0.3) is 0 Å². The number of carbonyl (C=O) groups excluding carboxylic acids is 1. The Bertz CT molecular complexity index is 332. The van der Waals surface area contributed by atoms with E-state index in [9.17, 15) is 9.36 Å². The molecule has 17 heavy (non-hydrogen) atoms. The van der Waals surface area contributed by atoms with Crippen molar-refractivity contribution < 1.29 is 18.4 Å². The third-order valence-corrected chi connectivity index (χ3v) is 4.46. The molecule has 0 amide bonds. The number of carbonyl (C=O) groups is 1. The smallest absolute Gasteiger partial charge is 0.312 e. The highest BCUT2D eigenvalue weighted by molar-refractivity contribution is 7.54. The molecule has 0 saturated heterocycles. The van der Waals surface area contributed by atoms with Gasteiger partial charge >= 0.3 is 7.60 Å². The Balaban J connectivity index is 4.70. The van der Waals surface area contributed by atoms with Gasteiger partial charge in [0.15, 0.2) is 5.78 Å². The molecule has 0 saturated carbocycles. The average molecular weight is 262 g/mol. The van der Waals surface area contributed by atoms with Crippen LogP contribution in [-0.2, 0) is 18.4 Å². The van der Waals surface area contributed by atoms with Crippen molar-refractivity contribution in [1.29, 1.82) is 0 Å². The van der Waals surface area contributed by atoms with E-state index in [-0.39, 0.29) is 11.9 Å². The standard InChI is InChI=1S/C12H23O4P/c1-10(2)7-8-12(3,4)11(13)9-17(14,15-5)16-6/h7H,8-9H2,1-6H3. The molecule has 0 aromatic rings. The van der Waals surface area contributed by atoms with Gasteiger partial charge in [0.1, 0.15) is 6.16 Å². The van der Waals surface area contributed by atoms with Crippen molar-refractivity contribution >= 4 is 13.4 Å². The van der Waals surface area contributed by atoms with E-state index in [1.54, 1.807) is 0 Å². The highest BCUT2D eigenvalue weighted by Gasteiger charge is 2.34. The summed E-state index contributed by atoms with van der Waals surface area (Å²) in [7, 11) is -0.667. The fraction of sp³-hybridized carbons (Fsp3) is 0.750. The third kappa shape index (κ3) is 5.62. The molecule has 5 heteroatoms. The van der Waals surface area contributed by atoms with Gasteiger partial charge < -0.3 is 9.05 Å². The molecule has 0 aliphatic rings. The molecule has 0 spiro atoms. The molecule has 0 aliphatic carbocycles. The zero-order valence-electron chi connectivity index (χ0n) is 11.6. The zero-order chi connectivity index (χ0) is 13.7. The predicted molar refractivity (Wildman–Crippen MR) is 69.3 cm³/mol. The summed E-state index contributed by atoms with van der Waals surface area (Å²) in [6.07, 6.45) is 2.45. The molecule has 0 N–H and O–H groups in total. The Morgan fingerprint density at radius 3 is 2.06 bits per heavy atom. The van der Waals surface area contributed by atoms with Crippen molar-refractivity contribution in [2.75, 3.05) is 20.4 Å². The van der Waals surface area contributed by atoms with Crippen molar-refractivity contribution in [2.24, 2.45) is 5.41 Å². The first-order chi connectivity index (χ1) is 7.67. The second-order valence-corrected chi connectivity index (χ2v) is 7.20. The summed E-state index contributed by atoms with van der Waals surface area (Å²) in [6.45, 7) is 7.64. The van der Waals surface area contributed by atoms with Gasteiger partial charge in [0, 0.05) is 19.6 Å². The number of rotatable bonds is 7. The molecule has 0 bridgehead atoms. The number of ketones is 1. The van der Waals surface area contributed by atoms with E-state index >= 15 is 0 Å². The van der Waals surface area contributed by atoms with Crippen molar-refractivity contribution in [3.63, 3.8) is 0 Å². The number of hydrogen-bond acceptors (Lipinski definition) is 4. The molecule has 0 heterocycles. The average Bonchev–Trinajstić information content (AvgIpc) is 2.26. The van der Waals surface area contributed by atoms with Crippen molar-refractivity contribution in [3.05, 3.63) is 11.6 Å². The van der Waals surface area contributed by atoms with Gasteiger partial charge in [-0.1, -0.05) is 25.5 Å². The summed E-state index contributed by atoms with van der Waals surface area (Å²) in [5.41, 5.74) is 0.608. The van der Waals surface area contributed by atoms with Crippen molar-refractivity contribution in [2.45, 2.75) is 34.1 Å². The van der Waals surface area contributed by atoms with Gasteiger partial charge in [-0.3, -0.25) is 9.36 Å². The van der Waals surface area contributed by atoms with Gasteiger partial charge in [-0.2, -0.15) is 0 Å². The van der Waals surface area contributed by atoms with Gasteiger partial charge in [-0.15, -0.1) is 0 Å². The highest BCUT2D eigenvalue weighted by Crippen LogP contribution is 2.47. The van der Waals surface area contributed by atoms with E-state index < -0.39 is 13.0 Å². The Kier molecular flexibility index (Phi) is 6.31. The summed E-state index contributed by atoms with van der Waals surface area (Å²) in [4.78, 5) is 12.0. The molecule has 4 nitrogen and oxygen atoms in total. The molecule has 0 aromatic carbocycles. The number of hydrogen-bond donors (Lipinski definition) is 0. The Labute approximate surface area is 104 Å². The van der Waals surface area contributed by atoms with Crippen LogP contribution in [0.1, 0.15) is 34.1 Å². The lowest BCUT2D eigenvalue weighted by atomic mass is 9.85. The topological polar surface area (TPSA) is 52.6 Å². The lowest BCUT2D eigenvalue weighted by molar-refractivity contribution is -0.124. The minimum atomic E-state index is -3.25. The lowest BCUT2D eigenvalue weighted by Gasteiger charge is -2.23. The Morgan fingerprint density at radius 2 is 1.71 bits per heavy atom. The summed E-state index contributed by atoms with van der Waals surface area (Å²) in [6, 6.07) is 0. The molecule has 0 aliphatic heterocycles. The SMILES string of the molecule is COP(=O)(CC(=O)C(C)(C)CC=C(C)C)OC. The molecule has 0 rings (SSSR count). The summed E-state index contributed by atoms with van der Waals surface area (Å²) in [5, 5.41) is 0. The molecule has 0 aromatic heterocycles. The first-order valence-corrected chi connectivity index (χ1v) is 7.27. The van der Waals surface area contributed by atoms with Crippen molar-refractivity contribution in [1.82, 2.24) is 0 Å². The van der Waals surface area contributed by atoms with Gasteiger partial charge in [-0.05, 0) is 20.3 Å². The van der Waals surface area contributed by atoms with E-state index in [0.29, 0.717) is 6.42 Å². The molecule has 0 fully saturated rings. The fourth-order valence-electron chi connectivity index (χ4n) is 1.17. The maximum Gasteiger partial charge on any atom is 0.337 e. The normalized spacial score (nSPS) is 12.4. The quantitative estimate of drug-likeness (QED) is 0.521. The van der Waals surface area contributed by atoms with Crippen LogP contribution in [0, 0.1) is 5.41 Å². The van der Waals surface area contributed by atoms with E-state index in [2.05, 4.69) is 0 Å². The predicted octanol–water partition coefficient (Wildman–Crippen LogP) is 3.42. The van der Waals surface area contributed by atoms with Crippen molar-refractivity contribution in [3.8, 4) is 0 Å². The van der Waals surface area contributed by atoms with Crippen LogP contribution in [0.4, 0.5) is 0 Å². The molecule has 0 atom stereocenters. The van der Waals surface area contributed by atoms with Crippen LogP contribution in [0.5, 0.6) is 0 Å². The maximum atomic E-state index is 12.0. The number of allylic oxidation sites excluding steroid dienone is 2. The van der Waals surface area contributed by atoms with E-state index in [1.165, 1.54) is 14.2 Å². The first-order valence-electron chi connectivity index (χ1n) is 5.54. The van der Waals surface area contributed by atoms with Gasteiger partial charge in [0.25, 0.3) is 0 Å².